The molecule has 8 N–H and O–H groups in total. The van der Waals surface area contributed by atoms with Gasteiger partial charge in [0.2, 0.25) is 0 Å². The van der Waals surface area contributed by atoms with E-state index in [4.69, 9.17) is 22.3 Å². The molecule has 2 aromatic carbocycles. The van der Waals surface area contributed by atoms with Gasteiger partial charge in [-0.05, 0) is 23.3 Å². The molecule has 120 valence electrons. The average Bonchev–Trinajstić information content (AvgIpc) is 2.53. The highest BCUT2D eigenvalue weighted by molar-refractivity contribution is 7.99. The summed E-state index contributed by atoms with van der Waals surface area (Å²) in [7, 11) is 0. The molecule has 6 nitrogen and oxygen atoms in total. The third-order valence-electron chi connectivity index (χ3n) is 3.10. The van der Waals surface area contributed by atoms with Crippen molar-refractivity contribution < 1.29 is 0 Å². The van der Waals surface area contributed by atoms with Crippen LogP contribution in [0.25, 0.3) is 0 Å². The first kappa shape index (κ1) is 16.7. The number of guanidine groups is 2. The highest BCUT2D eigenvalue weighted by Crippen LogP contribution is 2.32. The first-order chi connectivity index (χ1) is 11.1. The van der Waals surface area contributed by atoms with Crippen LogP contribution in [-0.4, -0.2) is 11.9 Å². The highest BCUT2D eigenvalue weighted by Gasteiger charge is 2.08. The summed E-state index contributed by atoms with van der Waals surface area (Å²) >= 11 is 1.64. The molecule has 0 aliphatic carbocycles. The number of hydrogen-bond acceptors (Lipinski definition) is 3. The molecule has 0 amide bonds. The third-order valence-corrected chi connectivity index (χ3v) is 4.34. The first-order valence-corrected chi connectivity index (χ1v) is 7.87. The van der Waals surface area contributed by atoms with E-state index in [2.05, 4.69) is 10.6 Å². The third kappa shape index (κ3) is 5.23. The van der Waals surface area contributed by atoms with Crippen molar-refractivity contribution in [1.82, 2.24) is 10.6 Å². The summed E-state index contributed by atoms with van der Waals surface area (Å²) in [4.78, 5) is 2.19. The van der Waals surface area contributed by atoms with E-state index in [1.165, 1.54) is 0 Å². The second-order valence-electron chi connectivity index (χ2n) is 4.85. The van der Waals surface area contributed by atoms with Gasteiger partial charge in [0, 0.05) is 22.9 Å². The van der Waals surface area contributed by atoms with Crippen molar-refractivity contribution in [2.45, 2.75) is 22.9 Å². The standard InChI is InChI=1S/C16H20N6S/c17-15(18)21-9-11-5-1-3-7-13(11)23-14-8-4-2-6-12(14)10-22-16(19)20/h1-8H,9-10H2,(H4,17,18,21)(H4,19,20,22). The van der Waals surface area contributed by atoms with Gasteiger partial charge in [-0.25, -0.2) is 0 Å². The normalized spacial score (nSPS) is 10.1. The smallest absolute Gasteiger partial charge is 0.185 e. The Morgan fingerprint density at radius 2 is 1.17 bits per heavy atom. The van der Waals surface area contributed by atoms with E-state index in [1.807, 2.05) is 48.5 Å². The van der Waals surface area contributed by atoms with Gasteiger partial charge in [-0.15, -0.1) is 0 Å². The number of benzene rings is 2. The van der Waals surface area contributed by atoms with Crippen molar-refractivity contribution >= 4 is 23.7 Å². The lowest BCUT2D eigenvalue weighted by atomic mass is 10.2. The van der Waals surface area contributed by atoms with Crippen LogP contribution in [-0.2, 0) is 13.1 Å². The van der Waals surface area contributed by atoms with E-state index >= 15 is 0 Å². The zero-order chi connectivity index (χ0) is 16.7. The molecule has 0 saturated carbocycles. The van der Waals surface area contributed by atoms with Crippen LogP contribution in [0.1, 0.15) is 11.1 Å². The molecule has 0 aliphatic rings. The van der Waals surface area contributed by atoms with E-state index in [0.717, 1.165) is 20.9 Å². The molecular weight excluding hydrogens is 308 g/mol. The van der Waals surface area contributed by atoms with Gasteiger partial charge in [-0.2, -0.15) is 0 Å². The minimum atomic E-state index is -0.0455. The molecule has 0 radical (unpaired) electrons. The Kier molecular flexibility index (Phi) is 5.87. The molecule has 0 fully saturated rings. The molecule has 0 aromatic heterocycles. The van der Waals surface area contributed by atoms with E-state index in [0.29, 0.717) is 13.1 Å². The Labute approximate surface area is 139 Å². The van der Waals surface area contributed by atoms with Gasteiger partial charge in [0.05, 0.1) is 0 Å². The van der Waals surface area contributed by atoms with Crippen LogP contribution < -0.4 is 22.1 Å². The zero-order valence-electron chi connectivity index (χ0n) is 12.6. The molecule has 7 heteroatoms. The van der Waals surface area contributed by atoms with Gasteiger partial charge in [-0.3, -0.25) is 10.8 Å². The van der Waals surface area contributed by atoms with Crippen molar-refractivity contribution in [3.05, 3.63) is 59.7 Å². The van der Waals surface area contributed by atoms with Gasteiger partial charge < -0.3 is 22.1 Å². The van der Waals surface area contributed by atoms with Crippen molar-refractivity contribution in [2.75, 3.05) is 0 Å². The molecule has 2 aromatic rings. The highest BCUT2D eigenvalue weighted by atomic mass is 32.2. The summed E-state index contributed by atoms with van der Waals surface area (Å²) in [5.41, 5.74) is 12.9. The van der Waals surface area contributed by atoms with Crippen LogP contribution >= 0.6 is 11.8 Å². The Bertz CT molecular complexity index is 641. The molecular formula is C16H20N6S. The maximum atomic E-state index is 7.28. The Hall–Kier alpha value is -2.67. The Morgan fingerprint density at radius 1 is 0.783 bits per heavy atom. The van der Waals surface area contributed by atoms with Crippen LogP contribution in [0, 0.1) is 10.8 Å². The number of nitrogens with two attached hydrogens (primary N) is 2. The van der Waals surface area contributed by atoms with E-state index in [-0.39, 0.29) is 11.9 Å². The molecule has 23 heavy (non-hydrogen) atoms. The van der Waals surface area contributed by atoms with Crippen LogP contribution in [0.4, 0.5) is 0 Å². The van der Waals surface area contributed by atoms with E-state index in [1.54, 1.807) is 11.8 Å². The Balaban J connectivity index is 2.19. The number of nitrogens with one attached hydrogen (secondary N) is 4. The van der Waals surface area contributed by atoms with E-state index in [9.17, 15) is 0 Å². The topological polar surface area (TPSA) is 124 Å². The predicted molar refractivity (Wildman–Crippen MR) is 94.5 cm³/mol. The Morgan fingerprint density at radius 3 is 1.57 bits per heavy atom. The molecule has 0 saturated heterocycles. The fourth-order valence-electron chi connectivity index (χ4n) is 2.00. The summed E-state index contributed by atoms with van der Waals surface area (Å²) in [6, 6.07) is 16.0. The molecule has 0 heterocycles. The first-order valence-electron chi connectivity index (χ1n) is 7.05. The second-order valence-corrected chi connectivity index (χ2v) is 5.94. The maximum Gasteiger partial charge on any atom is 0.185 e. The van der Waals surface area contributed by atoms with E-state index < -0.39 is 0 Å². The van der Waals surface area contributed by atoms with Crippen molar-refractivity contribution in [2.24, 2.45) is 11.5 Å². The minimum Gasteiger partial charge on any atom is -0.370 e. The zero-order valence-corrected chi connectivity index (χ0v) is 13.4. The molecule has 0 spiro atoms. The van der Waals surface area contributed by atoms with Crippen LogP contribution in [0.15, 0.2) is 58.3 Å². The summed E-state index contributed by atoms with van der Waals surface area (Å²) in [6.45, 7) is 1.01. The summed E-state index contributed by atoms with van der Waals surface area (Å²) in [5.74, 6) is -0.0910. The van der Waals surface area contributed by atoms with Crippen LogP contribution in [0.5, 0.6) is 0 Å². The quantitative estimate of drug-likeness (QED) is 0.356. The summed E-state index contributed by atoms with van der Waals surface area (Å²) in [5, 5.41) is 20.2. The molecule has 0 atom stereocenters. The largest absolute Gasteiger partial charge is 0.370 e. The lowest BCUT2D eigenvalue weighted by molar-refractivity contribution is 0.871. The van der Waals surface area contributed by atoms with Crippen LogP contribution in [0.2, 0.25) is 0 Å². The second kappa shape index (κ2) is 8.09. The SMILES string of the molecule is N=C(N)NCc1ccccc1Sc1ccccc1CNC(=N)N. The monoisotopic (exact) mass is 328 g/mol. The van der Waals surface area contributed by atoms with Gasteiger partial charge in [0.25, 0.3) is 0 Å². The van der Waals surface area contributed by atoms with Gasteiger partial charge in [-0.1, -0.05) is 48.2 Å². The summed E-state index contributed by atoms with van der Waals surface area (Å²) < 4.78 is 0. The van der Waals surface area contributed by atoms with Gasteiger partial charge >= 0.3 is 0 Å². The van der Waals surface area contributed by atoms with Crippen molar-refractivity contribution in [3.63, 3.8) is 0 Å². The maximum absolute atomic E-state index is 7.28. The summed E-state index contributed by atoms with van der Waals surface area (Å²) in [6.07, 6.45) is 0. The minimum absolute atomic E-state index is 0.0455. The van der Waals surface area contributed by atoms with Crippen molar-refractivity contribution in [3.8, 4) is 0 Å². The van der Waals surface area contributed by atoms with Crippen molar-refractivity contribution in [1.29, 1.82) is 10.8 Å². The van der Waals surface area contributed by atoms with Gasteiger partial charge in [0.1, 0.15) is 0 Å². The fraction of sp³-hybridized carbons (Fsp3) is 0.125. The number of rotatable bonds is 6. The lowest BCUT2D eigenvalue weighted by Gasteiger charge is -2.13. The molecule has 0 aliphatic heterocycles. The lowest BCUT2D eigenvalue weighted by Crippen LogP contribution is -2.29. The molecule has 0 bridgehead atoms. The average molecular weight is 328 g/mol. The molecule has 2 rings (SSSR count). The molecule has 0 unspecified atom stereocenters. The van der Waals surface area contributed by atoms with Gasteiger partial charge in [0.15, 0.2) is 11.9 Å². The fourth-order valence-corrected chi connectivity index (χ4v) is 3.07. The van der Waals surface area contributed by atoms with Crippen LogP contribution in [0.3, 0.4) is 0 Å². The number of hydrogen-bond donors (Lipinski definition) is 6. The predicted octanol–water partition coefficient (Wildman–Crippen LogP) is 1.80.